The van der Waals surface area contributed by atoms with Crippen molar-refractivity contribution in [1.82, 2.24) is 15.5 Å². The number of hydrogen-bond donors (Lipinski definition) is 3. The topological polar surface area (TPSA) is 77.1 Å². The standard InChI is InChI=1S/C26H38N4O3/c1-21(2)28-19-24(31)20-33-25-10-8-22(9-11-25)18-26(32)27-12-13-29-14-16-30(17-15-29)23-6-4-3-5-7-23/h3-11,21,24,28,31H,12-20H2,1-2H3,(H,27,32). The molecule has 1 atom stereocenters. The fourth-order valence-electron chi connectivity index (χ4n) is 3.80. The summed E-state index contributed by atoms with van der Waals surface area (Å²) in [5.74, 6) is 0.721. The van der Waals surface area contributed by atoms with Crippen LogP contribution in [0.25, 0.3) is 0 Å². The van der Waals surface area contributed by atoms with Gasteiger partial charge in [0.2, 0.25) is 5.91 Å². The maximum atomic E-state index is 12.3. The second-order valence-electron chi connectivity index (χ2n) is 8.86. The van der Waals surface area contributed by atoms with Gasteiger partial charge in [0.15, 0.2) is 0 Å². The molecule has 7 nitrogen and oxygen atoms in total. The Morgan fingerprint density at radius 2 is 1.73 bits per heavy atom. The summed E-state index contributed by atoms with van der Waals surface area (Å²) >= 11 is 0. The van der Waals surface area contributed by atoms with E-state index < -0.39 is 6.10 Å². The number of hydrogen-bond acceptors (Lipinski definition) is 6. The van der Waals surface area contributed by atoms with Gasteiger partial charge in [-0.2, -0.15) is 0 Å². The van der Waals surface area contributed by atoms with Crippen LogP contribution in [-0.2, 0) is 11.2 Å². The number of rotatable bonds is 12. The zero-order valence-corrected chi connectivity index (χ0v) is 19.9. The highest BCUT2D eigenvalue weighted by Crippen LogP contribution is 2.15. The third-order valence-electron chi connectivity index (χ3n) is 5.74. The van der Waals surface area contributed by atoms with Crippen LogP contribution in [0.2, 0.25) is 0 Å². The quantitative estimate of drug-likeness (QED) is 0.455. The van der Waals surface area contributed by atoms with Crippen molar-refractivity contribution >= 4 is 11.6 Å². The Hall–Kier alpha value is -2.61. The predicted octanol–water partition coefficient (Wildman–Crippen LogP) is 1.91. The van der Waals surface area contributed by atoms with E-state index in [9.17, 15) is 9.90 Å². The van der Waals surface area contributed by atoms with E-state index >= 15 is 0 Å². The Balaban J connectivity index is 1.29. The largest absolute Gasteiger partial charge is 0.491 e. The van der Waals surface area contributed by atoms with Crippen LogP contribution < -0.4 is 20.3 Å². The summed E-state index contributed by atoms with van der Waals surface area (Å²) in [5.41, 5.74) is 2.22. The Morgan fingerprint density at radius 3 is 2.39 bits per heavy atom. The highest BCUT2D eigenvalue weighted by atomic mass is 16.5. The van der Waals surface area contributed by atoms with Crippen molar-refractivity contribution in [3.8, 4) is 5.75 Å². The molecule has 2 aromatic rings. The second-order valence-corrected chi connectivity index (χ2v) is 8.86. The van der Waals surface area contributed by atoms with Crippen LogP contribution in [0.1, 0.15) is 19.4 Å². The van der Waals surface area contributed by atoms with Crippen LogP contribution in [0, 0.1) is 0 Å². The van der Waals surface area contributed by atoms with Gasteiger partial charge in [0.25, 0.3) is 0 Å². The summed E-state index contributed by atoms with van der Waals surface area (Å²) < 4.78 is 5.63. The van der Waals surface area contributed by atoms with Gasteiger partial charge in [-0.25, -0.2) is 0 Å². The van der Waals surface area contributed by atoms with Crippen molar-refractivity contribution in [2.75, 3.05) is 57.3 Å². The molecule has 0 bridgehead atoms. The van der Waals surface area contributed by atoms with Crippen LogP contribution in [0.15, 0.2) is 54.6 Å². The van der Waals surface area contributed by atoms with Gasteiger partial charge in [-0.1, -0.05) is 44.2 Å². The molecule has 0 aromatic heterocycles. The molecule has 1 unspecified atom stereocenters. The predicted molar refractivity (Wildman–Crippen MR) is 133 cm³/mol. The average molecular weight is 455 g/mol. The Bertz CT molecular complexity index is 821. The first-order valence-electron chi connectivity index (χ1n) is 11.9. The lowest BCUT2D eigenvalue weighted by molar-refractivity contribution is -0.120. The van der Waals surface area contributed by atoms with Crippen LogP contribution in [0.5, 0.6) is 5.75 Å². The number of anilines is 1. The van der Waals surface area contributed by atoms with Gasteiger partial charge < -0.3 is 25.4 Å². The second kappa shape index (κ2) is 13.2. The third kappa shape index (κ3) is 9.04. The molecule has 0 aliphatic carbocycles. The fraction of sp³-hybridized carbons (Fsp3) is 0.500. The molecule has 1 heterocycles. The molecule has 0 radical (unpaired) electrons. The zero-order chi connectivity index (χ0) is 23.5. The molecule has 0 saturated carbocycles. The number of benzene rings is 2. The molecule has 1 saturated heterocycles. The Kier molecular flexibility index (Phi) is 10.00. The van der Waals surface area contributed by atoms with E-state index in [-0.39, 0.29) is 12.5 Å². The van der Waals surface area contributed by atoms with E-state index in [4.69, 9.17) is 4.74 Å². The van der Waals surface area contributed by atoms with Gasteiger partial charge in [-0.15, -0.1) is 0 Å². The van der Waals surface area contributed by atoms with E-state index in [1.165, 1.54) is 5.69 Å². The van der Waals surface area contributed by atoms with E-state index in [1.54, 1.807) is 0 Å². The van der Waals surface area contributed by atoms with E-state index in [1.807, 2.05) is 44.2 Å². The van der Waals surface area contributed by atoms with Crippen LogP contribution in [0.3, 0.4) is 0 Å². The summed E-state index contributed by atoms with van der Waals surface area (Å²) in [6.45, 7) is 10.4. The number of carbonyl (C=O) groups is 1. The Morgan fingerprint density at radius 1 is 1.03 bits per heavy atom. The number of nitrogens with one attached hydrogen (secondary N) is 2. The highest BCUT2D eigenvalue weighted by molar-refractivity contribution is 5.78. The number of carbonyl (C=O) groups excluding carboxylic acids is 1. The molecule has 3 N–H and O–H groups in total. The summed E-state index contributed by atoms with van der Waals surface area (Å²) in [6, 6.07) is 18.3. The number of aliphatic hydroxyl groups excluding tert-OH is 1. The molecule has 3 rings (SSSR count). The van der Waals surface area contributed by atoms with Gasteiger partial charge >= 0.3 is 0 Å². The third-order valence-corrected chi connectivity index (χ3v) is 5.74. The zero-order valence-electron chi connectivity index (χ0n) is 19.9. The van der Waals surface area contributed by atoms with E-state index in [0.717, 1.165) is 38.3 Å². The number of piperazine rings is 1. The number of nitrogens with zero attached hydrogens (tertiary/aromatic N) is 2. The first kappa shape index (κ1) is 25.0. The number of para-hydroxylation sites is 1. The molecule has 0 spiro atoms. The summed E-state index contributed by atoms with van der Waals surface area (Å²) in [4.78, 5) is 17.1. The molecule has 2 aromatic carbocycles. The molecule has 1 fully saturated rings. The summed E-state index contributed by atoms with van der Waals surface area (Å²) in [6.07, 6.45) is -0.206. The van der Waals surface area contributed by atoms with Gasteiger partial charge in [-0.3, -0.25) is 9.69 Å². The smallest absolute Gasteiger partial charge is 0.224 e. The van der Waals surface area contributed by atoms with Crippen molar-refractivity contribution in [2.24, 2.45) is 0 Å². The van der Waals surface area contributed by atoms with Crippen molar-refractivity contribution in [3.05, 3.63) is 60.2 Å². The molecule has 1 aliphatic heterocycles. The SMILES string of the molecule is CC(C)NCC(O)COc1ccc(CC(=O)NCCN2CCN(c3ccccc3)CC2)cc1. The molecule has 33 heavy (non-hydrogen) atoms. The van der Waals surface area contributed by atoms with Gasteiger partial charge in [0, 0.05) is 57.5 Å². The lowest BCUT2D eigenvalue weighted by Gasteiger charge is -2.36. The highest BCUT2D eigenvalue weighted by Gasteiger charge is 2.16. The Labute approximate surface area is 197 Å². The number of amides is 1. The molecular formula is C26H38N4O3. The molecule has 1 aliphatic rings. The van der Waals surface area contributed by atoms with Crippen LogP contribution in [-0.4, -0.2) is 80.5 Å². The lowest BCUT2D eigenvalue weighted by atomic mass is 10.1. The van der Waals surface area contributed by atoms with Crippen molar-refractivity contribution in [1.29, 1.82) is 0 Å². The first-order valence-corrected chi connectivity index (χ1v) is 11.9. The van der Waals surface area contributed by atoms with E-state index in [0.29, 0.717) is 31.3 Å². The van der Waals surface area contributed by atoms with Crippen LogP contribution in [0.4, 0.5) is 5.69 Å². The van der Waals surface area contributed by atoms with Crippen molar-refractivity contribution in [3.63, 3.8) is 0 Å². The molecule has 180 valence electrons. The van der Waals surface area contributed by atoms with Gasteiger partial charge in [-0.05, 0) is 29.8 Å². The minimum absolute atomic E-state index is 0.0294. The van der Waals surface area contributed by atoms with Crippen LogP contribution >= 0.6 is 0 Å². The summed E-state index contributed by atoms with van der Waals surface area (Å²) in [5, 5.41) is 16.1. The maximum Gasteiger partial charge on any atom is 0.224 e. The normalized spacial score (nSPS) is 15.5. The van der Waals surface area contributed by atoms with Gasteiger partial charge in [0.05, 0.1) is 6.42 Å². The lowest BCUT2D eigenvalue weighted by Crippen LogP contribution is -2.48. The minimum Gasteiger partial charge on any atom is -0.491 e. The number of aliphatic hydroxyl groups is 1. The summed E-state index contributed by atoms with van der Waals surface area (Å²) in [7, 11) is 0. The monoisotopic (exact) mass is 454 g/mol. The van der Waals surface area contributed by atoms with E-state index in [2.05, 4.69) is 44.7 Å². The average Bonchev–Trinajstić information content (AvgIpc) is 2.83. The van der Waals surface area contributed by atoms with Crippen molar-refractivity contribution in [2.45, 2.75) is 32.4 Å². The maximum absolute atomic E-state index is 12.3. The number of ether oxygens (including phenoxy) is 1. The minimum atomic E-state index is -0.556. The fourth-order valence-corrected chi connectivity index (χ4v) is 3.80. The van der Waals surface area contributed by atoms with Gasteiger partial charge in [0.1, 0.15) is 18.5 Å². The molecule has 7 heteroatoms. The molecule has 1 amide bonds. The molecular weight excluding hydrogens is 416 g/mol. The first-order chi connectivity index (χ1) is 16.0. The van der Waals surface area contributed by atoms with Crippen molar-refractivity contribution < 1.29 is 14.6 Å².